The molecule has 0 bridgehead atoms. The van der Waals surface area contributed by atoms with E-state index < -0.39 is 0 Å². The van der Waals surface area contributed by atoms with Crippen molar-refractivity contribution < 1.29 is 0 Å². The third kappa shape index (κ3) is 3.60. The Kier molecular flexibility index (Phi) is 4.81. The van der Waals surface area contributed by atoms with Crippen molar-refractivity contribution in [2.45, 2.75) is 19.3 Å². The molecule has 2 N–H and O–H groups in total. The minimum absolute atomic E-state index is 0.695. The Morgan fingerprint density at radius 1 is 0.960 bits per heavy atom. The SMILES string of the molecule is Clc1ccc(-c2n[nH]c(CC3CCNCC3)c2-c2ccncc2)cc1. The van der Waals surface area contributed by atoms with Gasteiger partial charge in [-0.15, -0.1) is 0 Å². The minimum atomic E-state index is 0.695. The van der Waals surface area contributed by atoms with Crippen LogP contribution in [-0.2, 0) is 6.42 Å². The first-order chi connectivity index (χ1) is 12.3. The van der Waals surface area contributed by atoms with E-state index >= 15 is 0 Å². The summed E-state index contributed by atoms with van der Waals surface area (Å²) >= 11 is 6.05. The maximum atomic E-state index is 6.05. The highest BCUT2D eigenvalue weighted by Crippen LogP contribution is 2.35. The molecule has 1 fully saturated rings. The lowest BCUT2D eigenvalue weighted by Crippen LogP contribution is -2.28. The van der Waals surface area contributed by atoms with Crippen molar-refractivity contribution in [3.05, 3.63) is 59.5 Å². The van der Waals surface area contributed by atoms with Crippen LogP contribution in [0.25, 0.3) is 22.4 Å². The number of halogens is 1. The highest BCUT2D eigenvalue weighted by Gasteiger charge is 2.21. The number of nitrogens with one attached hydrogen (secondary N) is 2. The predicted molar refractivity (Wildman–Crippen MR) is 102 cm³/mol. The first kappa shape index (κ1) is 16.3. The lowest BCUT2D eigenvalue weighted by atomic mass is 9.89. The van der Waals surface area contributed by atoms with Gasteiger partial charge in [0.05, 0.1) is 0 Å². The fourth-order valence-electron chi connectivity index (χ4n) is 3.55. The number of hydrogen-bond acceptors (Lipinski definition) is 3. The maximum absolute atomic E-state index is 6.05. The molecule has 1 aliphatic heterocycles. The lowest BCUT2D eigenvalue weighted by molar-refractivity contribution is 0.370. The van der Waals surface area contributed by atoms with Crippen molar-refractivity contribution in [3.63, 3.8) is 0 Å². The smallest absolute Gasteiger partial charge is 0.100 e. The minimum Gasteiger partial charge on any atom is -0.317 e. The van der Waals surface area contributed by atoms with Crippen molar-refractivity contribution in [3.8, 4) is 22.4 Å². The second-order valence-corrected chi connectivity index (χ2v) is 7.00. The summed E-state index contributed by atoms with van der Waals surface area (Å²) in [4.78, 5) is 4.16. The molecular weight excluding hydrogens is 332 g/mol. The molecule has 1 aliphatic rings. The van der Waals surface area contributed by atoms with E-state index in [0.29, 0.717) is 5.92 Å². The van der Waals surface area contributed by atoms with E-state index in [0.717, 1.165) is 41.4 Å². The number of hydrogen-bond donors (Lipinski definition) is 2. The molecule has 128 valence electrons. The van der Waals surface area contributed by atoms with Gasteiger partial charge in [-0.3, -0.25) is 10.1 Å². The molecule has 0 saturated carbocycles. The Morgan fingerprint density at radius 3 is 2.40 bits per heavy atom. The van der Waals surface area contributed by atoms with E-state index in [1.165, 1.54) is 24.1 Å². The van der Waals surface area contributed by atoms with Crippen molar-refractivity contribution in [2.75, 3.05) is 13.1 Å². The van der Waals surface area contributed by atoms with E-state index in [9.17, 15) is 0 Å². The van der Waals surface area contributed by atoms with Gasteiger partial charge in [-0.2, -0.15) is 5.10 Å². The quantitative estimate of drug-likeness (QED) is 0.734. The van der Waals surface area contributed by atoms with Gasteiger partial charge in [0.2, 0.25) is 0 Å². The van der Waals surface area contributed by atoms with Crippen LogP contribution in [0.5, 0.6) is 0 Å². The van der Waals surface area contributed by atoms with Crippen molar-refractivity contribution in [1.82, 2.24) is 20.5 Å². The fraction of sp³-hybridized carbons (Fsp3) is 0.300. The summed E-state index contributed by atoms with van der Waals surface area (Å²) in [7, 11) is 0. The molecule has 3 aromatic rings. The first-order valence-corrected chi connectivity index (χ1v) is 9.13. The summed E-state index contributed by atoms with van der Waals surface area (Å²) in [5.41, 5.74) is 5.60. The van der Waals surface area contributed by atoms with Gasteiger partial charge in [-0.25, -0.2) is 0 Å². The third-order valence-corrected chi connectivity index (χ3v) is 5.13. The van der Waals surface area contributed by atoms with Gasteiger partial charge in [0.15, 0.2) is 0 Å². The Morgan fingerprint density at radius 2 is 1.68 bits per heavy atom. The number of piperidine rings is 1. The van der Waals surface area contributed by atoms with Crippen LogP contribution in [0.2, 0.25) is 5.02 Å². The van der Waals surface area contributed by atoms with Gasteiger partial charge in [0.1, 0.15) is 5.69 Å². The van der Waals surface area contributed by atoms with E-state index in [4.69, 9.17) is 11.6 Å². The number of aromatic nitrogens is 3. The standard InChI is InChI=1S/C20H21ClN4/c21-17-3-1-16(2-4-17)20-19(15-7-11-23-12-8-15)18(24-25-20)13-14-5-9-22-10-6-14/h1-4,7-8,11-12,14,22H,5-6,9-10,13H2,(H,24,25). The molecule has 1 aromatic carbocycles. The van der Waals surface area contributed by atoms with Crippen LogP contribution < -0.4 is 5.32 Å². The van der Waals surface area contributed by atoms with Crippen LogP contribution in [0.4, 0.5) is 0 Å². The molecule has 0 aliphatic carbocycles. The highest BCUT2D eigenvalue weighted by molar-refractivity contribution is 6.30. The second kappa shape index (κ2) is 7.38. The summed E-state index contributed by atoms with van der Waals surface area (Å²) in [6.45, 7) is 2.21. The number of nitrogens with zero attached hydrogens (tertiary/aromatic N) is 2. The Hall–Kier alpha value is -2.17. The molecule has 0 unspecified atom stereocenters. The fourth-order valence-corrected chi connectivity index (χ4v) is 3.67. The molecule has 3 heterocycles. The van der Waals surface area contributed by atoms with Gasteiger partial charge >= 0.3 is 0 Å². The zero-order chi connectivity index (χ0) is 17.1. The average molecular weight is 353 g/mol. The normalized spacial score (nSPS) is 15.4. The summed E-state index contributed by atoms with van der Waals surface area (Å²) in [5.74, 6) is 0.695. The summed E-state index contributed by atoms with van der Waals surface area (Å²) < 4.78 is 0. The predicted octanol–water partition coefficient (Wildman–Crippen LogP) is 4.33. The highest BCUT2D eigenvalue weighted by atomic mass is 35.5. The molecule has 0 amide bonds. The van der Waals surface area contributed by atoms with Gasteiger partial charge in [-0.05, 0) is 68.1 Å². The second-order valence-electron chi connectivity index (χ2n) is 6.57. The number of pyridine rings is 1. The third-order valence-electron chi connectivity index (χ3n) is 4.88. The maximum Gasteiger partial charge on any atom is 0.100 e. The van der Waals surface area contributed by atoms with Crippen LogP contribution >= 0.6 is 11.6 Å². The zero-order valence-electron chi connectivity index (χ0n) is 14.0. The Bertz CT molecular complexity index is 821. The van der Waals surface area contributed by atoms with Crippen LogP contribution in [0.1, 0.15) is 18.5 Å². The van der Waals surface area contributed by atoms with Crippen LogP contribution in [-0.4, -0.2) is 28.3 Å². The number of H-pyrrole nitrogens is 1. The molecule has 25 heavy (non-hydrogen) atoms. The van der Waals surface area contributed by atoms with E-state index in [2.05, 4.69) is 32.6 Å². The Labute approximate surface area is 152 Å². The summed E-state index contributed by atoms with van der Waals surface area (Å²) in [5, 5.41) is 12.1. The molecule has 5 heteroatoms. The number of benzene rings is 1. The molecule has 1 saturated heterocycles. The van der Waals surface area contributed by atoms with E-state index in [-0.39, 0.29) is 0 Å². The lowest BCUT2D eigenvalue weighted by Gasteiger charge is -2.22. The van der Waals surface area contributed by atoms with Gasteiger partial charge in [-0.1, -0.05) is 23.7 Å². The van der Waals surface area contributed by atoms with E-state index in [1.54, 1.807) is 0 Å². The molecule has 0 spiro atoms. The number of rotatable bonds is 4. The van der Waals surface area contributed by atoms with Crippen LogP contribution in [0.15, 0.2) is 48.8 Å². The van der Waals surface area contributed by atoms with Crippen LogP contribution in [0.3, 0.4) is 0 Å². The molecule has 4 rings (SSSR count). The van der Waals surface area contributed by atoms with E-state index in [1.807, 2.05) is 36.7 Å². The van der Waals surface area contributed by atoms with Gasteiger partial charge in [0.25, 0.3) is 0 Å². The number of aromatic amines is 1. The summed E-state index contributed by atoms with van der Waals surface area (Å²) in [6, 6.07) is 12.0. The van der Waals surface area contributed by atoms with Gasteiger partial charge in [0, 0.05) is 34.2 Å². The molecule has 0 radical (unpaired) electrons. The zero-order valence-corrected chi connectivity index (χ0v) is 14.8. The topological polar surface area (TPSA) is 53.6 Å². The molecule has 4 nitrogen and oxygen atoms in total. The molecule has 2 aromatic heterocycles. The van der Waals surface area contributed by atoms with Crippen molar-refractivity contribution >= 4 is 11.6 Å². The Balaban J connectivity index is 1.75. The van der Waals surface area contributed by atoms with Crippen molar-refractivity contribution in [2.24, 2.45) is 5.92 Å². The van der Waals surface area contributed by atoms with Gasteiger partial charge < -0.3 is 5.32 Å². The van der Waals surface area contributed by atoms with Crippen molar-refractivity contribution in [1.29, 1.82) is 0 Å². The average Bonchev–Trinajstić information content (AvgIpc) is 3.07. The largest absolute Gasteiger partial charge is 0.317 e. The molecule has 0 atom stereocenters. The summed E-state index contributed by atoms with van der Waals surface area (Å²) in [6.07, 6.45) is 7.13. The first-order valence-electron chi connectivity index (χ1n) is 8.75. The monoisotopic (exact) mass is 352 g/mol. The molecular formula is C20H21ClN4. The van der Waals surface area contributed by atoms with Crippen LogP contribution in [0, 0.1) is 5.92 Å².